The van der Waals surface area contributed by atoms with Crippen LogP contribution in [0.15, 0.2) is 0 Å². The number of hydrogen-bond acceptors (Lipinski definition) is 2. The predicted molar refractivity (Wildman–Crippen MR) is 45.5 cm³/mol. The molecule has 0 aromatic heterocycles. The van der Waals surface area contributed by atoms with Gasteiger partial charge in [0.05, 0.1) is 19.6 Å². The molecule has 2 saturated heterocycles. The Morgan fingerprint density at radius 2 is 2.45 bits per heavy atom. The summed E-state index contributed by atoms with van der Waals surface area (Å²) in [4.78, 5) is 0. The summed E-state index contributed by atoms with van der Waals surface area (Å²) in [6.07, 6.45) is 1.16. The van der Waals surface area contributed by atoms with Crippen molar-refractivity contribution >= 4 is 7.98 Å². The van der Waals surface area contributed by atoms with Gasteiger partial charge in [-0.1, -0.05) is 0 Å². The van der Waals surface area contributed by atoms with Gasteiger partial charge in [-0.3, -0.25) is 0 Å². The molecular formula is C7H16BN2O+. The van der Waals surface area contributed by atoms with Crippen molar-refractivity contribution in [2.75, 3.05) is 26.2 Å². The van der Waals surface area contributed by atoms with Gasteiger partial charge in [-0.05, 0) is 0 Å². The van der Waals surface area contributed by atoms with Crippen molar-refractivity contribution in [3.8, 4) is 0 Å². The summed E-state index contributed by atoms with van der Waals surface area (Å²) in [5.74, 6) is 0.470. The van der Waals surface area contributed by atoms with E-state index >= 15 is 0 Å². The van der Waals surface area contributed by atoms with Crippen molar-refractivity contribution in [1.82, 2.24) is 0 Å². The molecule has 2 bridgehead atoms. The summed E-state index contributed by atoms with van der Waals surface area (Å²) in [5.41, 5.74) is 5.02. The van der Waals surface area contributed by atoms with Crippen LogP contribution in [-0.4, -0.2) is 49.3 Å². The zero-order chi connectivity index (χ0) is 8.11. The number of aliphatic hydroxyl groups is 1. The highest BCUT2D eigenvalue weighted by Crippen LogP contribution is 2.39. The zero-order valence-electron chi connectivity index (χ0n) is 7.08. The topological polar surface area (TPSA) is 46.2 Å². The van der Waals surface area contributed by atoms with Crippen LogP contribution < -0.4 is 5.73 Å². The summed E-state index contributed by atoms with van der Waals surface area (Å²) in [6, 6.07) is 0. The normalized spacial score (nSPS) is 55.3. The molecule has 2 heterocycles. The first-order valence-electron chi connectivity index (χ1n) is 4.34. The summed E-state index contributed by atoms with van der Waals surface area (Å²) < 4.78 is 1.04. The van der Waals surface area contributed by atoms with Gasteiger partial charge in [0, 0.05) is 18.9 Å². The molecule has 11 heavy (non-hydrogen) atoms. The van der Waals surface area contributed by atoms with Gasteiger partial charge in [0.1, 0.15) is 5.60 Å². The largest absolute Gasteiger partial charge is 0.397 e. The third kappa shape index (κ3) is 0.933. The Balaban J connectivity index is 2.21. The van der Waals surface area contributed by atoms with Gasteiger partial charge in [0.25, 0.3) is 0 Å². The summed E-state index contributed by atoms with van der Waals surface area (Å²) in [6.45, 7) is 3.67. The fourth-order valence-corrected chi connectivity index (χ4v) is 2.79. The van der Waals surface area contributed by atoms with Gasteiger partial charge in [0.15, 0.2) is 0 Å². The number of hydrogen-bond donors (Lipinski definition) is 2. The minimum atomic E-state index is -0.535. The first kappa shape index (κ1) is 7.59. The number of quaternary nitrogens is 1. The van der Waals surface area contributed by atoms with E-state index in [2.05, 4.69) is 7.98 Å². The molecule has 2 rings (SSSR count). The third-order valence-electron chi connectivity index (χ3n) is 3.45. The van der Waals surface area contributed by atoms with Crippen LogP contribution in [0.5, 0.6) is 0 Å². The van der Waals surface area contributed by atoms with Crippen molar-refractivity contribution in [1.29, 1.82) is 0 Å². The monoisotopic (exact) mass is 155 g/mol. The van der Waals surface area contributed by atoms with E-state index in [0.717, 1.165) is 23.9 Å². The lowest BCUT2D eigenvalue weighted by atomic mass is 9.87. The molecule has 0 aromatic rings. The van der Waals surface area contributed by atoms with Crippen LogP contribution in [0, 0.1) is 5.92 Å². The number of rotatable bonds is 1. The predicted octanol–water partition coefficient (Wildman–Crippen LogP) is -1.93. The first-order chi connectivity index (χ1) is 5.08. The van der Waals surface area contributed by atoms with Crippen molar-refractivity contribution in [3.63, 3.8) is 0 Å². The van der Waals surface area contributed by atoms with Crippen LogP contribution in [0.3, 0.4) is 0 Å². The molecule has 4 heteroatoms. The smallest absolute Gasteiger partial charge is 0.372 e. The van der Waals surface area contributed by atoms with Crippen LogP contribution in [0.2, 0.25) is 0 Å². The Bertz CT molecular complexity index is 189. The van der Waals surface area contributed by atoms with Gasteiger partial charge in [-0.2, -0.15) is 0 Å². The Morgan fingerprint density at radius 3 is 2.73 bits per heavy atom. The van der Waals surface area contributed by atoms with E-state index < -0.39 is 5.60 Å². The van der Waals surface area contributed by atoms with Crippen LogP contribution in [-0.2, 0) is 0 Å². The fraction of sp³-hybridized carbons (Fsp3) is 1.00. The molecule has 0 aromatic carbocycles. The summed E-state index contributed by atoms with van der Waals surface area (Å²) in [7, 11) is 2.22. The van der Waals surface area contributed by atoms with Crippen molar-refractivity contribution in [3.05, 3.63) is 0 Å². The standard InChI is InChI=1S/C7H16BN2O/c8-10-2-1-6(3-10)7(11,4-9)5-10/h6,11H,1-5,8-9H2/q+1. The second-order valence-corrected chi connectivity index (χ2v) is 4.48. The lowest BCUT2D eigenvalue weighted by Crippen LogP contribution is -2.53. The average Bonchev–Trinajstić information content (AvgIpc) is 2.41. The van der Waals surface area contributed by atoms with Crippen LogP contribution in [0.1, 0.15) is 6.42 Å². The lowest BCUT2D eigenvalue weighted by Gasteiger charge is -2.34. The number of nitrogens with zero attached hydrogens (tertiary/aromatic N) is 1. The molecule has 3 atom stereocenters. The van der Waals surface area contributed by atoms with Gasteiger partial charge >= 0.3 is 7.98 Å². The van der Waals surface area contributed by atoms with Gasteiger partial charge in [-0.25, -0.2) is 0 Å². The molecule has 2 aliphatic heterocycles. The van der Waals surface area contributed by atoms with Crippen LogP contribution in [0.25, 0.3) is 0 Å². The Morgan fingerprint density at radius 1 is 1.73 bits per heavy atom. The quantitative estimate of drug-likeness (QED) is 0.433. The summed E-state index contributed by atoms with van der Waals surface area (Å²) >= 11 is 0. The van der Waals surface area contributed by atoms with Crippen molar-refractivity contribution in [2.24, 2.45) is 11.7 Å². The average molecular weight is 155 g/mol. The molecule has 0 spiro atoms. The highest BCUT2D eigenvalue weighted by atomic mass is 16.3. The highest BCUT2D eigenvalue weighted by molar-refractivity contribution is 5.97. The molecule has 2 aliphatic rings. The van der Waals surface area contributed by atoms with Gasteiger partial charge in [0.2, 0.25) is 0 Å². The molecular weight excluding hydrogens is 139 g/mol. The molecule has 2 fully saturated rings. The Labute approximate surface area is 68.2 Å². The van der Waals surface area contributed by atoms with Crippen LogP contribution in [0.4, 0.5) is 0 Å². The molecule has 0 amide bonds. The zero-order valence-corrected chi connectivity index (χ0v) is 7.08. The Hall–Kier alpha value is -0.0551. The SMILES string of the molecule is B[N+]12CCC(C1)C(O)(CN)C2. The lowest BCUT2D eigenvalue weighted by molar-refractivity contribution is -0.798. The number of fused-ring (bicyclic) bond motifs is 2. The number of nitrogens with two attached hydrogens (primary N) is 1. The molecule has 3 N–H and O–H groups in total. The maximum atomic E-state index is 10.0. The van der Waals surface area contributed by atoms with E-state index in [1.165, 1.54) is 6.54 Å². The summed E-state index contributed by atoms with van der Waals surface area (Å²) in [5, 5.41) is 10.0. The maximum absolute atomic E-state index is 10.0. The molecule has 0 saturated carbocycles. The van der Waals surface area contributed by atoms with Crippen molar-refractivity contribution in [2.45, 2.75) is 12.0 Å². The molecule has 3 nitrogen and oxygen atoms in total. The van der Waals surface area contributed by atoms with Gasteiger partial charge < -0.3 is 15.2 Å². The second-order valence-electron chi connectivity index (χ2n) is 4.48. The van der Waals surface area contributed by atoms with Crippen molar-refractivity contribution < 1.29 is 9.50 Å². The molecule has 0 aliphatic carbocycles. The first-order valence-corrected chi connectivity index (χ1v) is 4.34. The van der Waals surface area contributed by atoms with E-state index in [9.17, 15) is 5.11 Å². The Kier molecular flexibility index (Phi) is 1.38. The second kappa shape index (κ2) is 2.00. The minimum absolute atomic E-state index is 0.436. The number of piperidine rings is 1. The molecule has 0 radical (unpaired) electrons. The van der Waals surface area contributed by atoms with E-state index in [-0.39, 0.29) is 0 Å². The fourth-order valence-electron chi connectivity index (χ4n) is 2.79. The van der Waals surface area contributed by atoms with E-state index in [1.807, 2.05) is 0 Å². The van der Waals surface area contributed by atoms with E-state index in [4.69, 9.17) is 5.73 Å². The molecule has 3 unspecified atom stereocenters. The minimum Gasteiger partial charge on any atom is -0.397 e. The van der Waals surface area contributed by atoms with Crippen LogP contribution >= 0.6 is 0 Å². The maximum Gasteiger partial charge on any atom is 0.372 e. The van der Waals surface area contributed by atoms with E-state index in [0.29, 0.717) is 12.5 Å². The van der Waals surface area contributed by atoms with Gasteiger partial charge in [-0.15, -0.1) is 0 Å². The van der Waals surface area contributed by atoms with E-state index in [1.54, 1.807) is 0 Å². The highest BCUT2D eigenvalue weighted by Gasteiger charge is 2.56. The third-order valence-corrected chi connectivity index (χ3v) is 3.45. The molecule has 62 valence electrons.